The number of aromatic hydroxyl groups is 4. The van der Waals surface area contributed by atoms with Crippen molar-refractivity contribution in [3.8, 4) is 28.7 Å². The third-order valence-electron chi connectivity index (χ3n) is 5.84. The van der Waals surface area contributed by atoms with Crippen LogP contribution in [0.4, 0.5) is 0 Å². The molecule has 0 aliphatic carbocycles. The minimum Gasteiger partial charge on any atom is -0.507 e. The largest absolute Gasteiger partial charge is 0.507 e. The monoisotopic (exact) mass is 466 g/mol. The van der Waals surface area contributed by atoms with Crippen LogP contribution < -0.4 is 4.74 Å². The fraction of sp³-hybridized carbons (Fsp3) is 0.381. The first-order chi connectivity index (χ1) is 15.6. The summed E-state index contributed by atoms with van der Waals surface area (Å²) >= 11 is 0. The number of phenols is 4. The molecule has 2 heterocycles. The number of hydrogen-bond donors (Lipinski definition) is 9. The third-order valence-corrected chi connectivity index (χ3v) is 5.84. The quantitative estimate of drug-likeness (QED) is 0.241. The molecule has 1 fully saturated rings. The highest BCUT2D eigenvalue weighted by atomic mass is 16.5. The summed E-state index contributed by atoms with van der Waals surface area (Å²) in [5.74, 6) is -3.90. The zero-order valence-electron chi connectivity index (χ0n) is 16.8. The average molecular weight is 466 g/mol. The van der Waals surface area contributed by atoms with Gasteiger partial charge < -0.3 is 55.4 Å². The maximum Gasteiger partial charge on any atom is 0.202 e. The van der Waals surface area contributed by atoms with Crippen molar-refractivity contribution >= 4 is 5.78 Å². The zero-order chi connectivity index (χ0) is 24.2. The molecule has 2 aliphatic heterocycles. The summed E-state index contributed by atoms with van der Waals surface area (Å²) in [7, 11) is 0. The van der Waals surface area contributed by atoms with Crippen molar-refractivity contribution in [2.24, 2.45) is 0 Å². The summed E-state index contributed by atoms with van der Waals surface area (Å²) in [5, 5.41) is 90.7. The van der Waals surface area contributed by atoms with Gasteiger partial charge in [-0.25, -0.2) is 0 Å². The van der Waals surface area contributed by atoms with Crippen LogP contribution in [-0.2, 0) is 4.74 Å². The zero-order valence-corrected chi connectivity index (χ0v) is 16.8. The van der Waals surface area contributed by atoms with Gasteiger partial charge in [-0.3, -0.25) is 4.79 Å². The second kappa shape index (κ2) is 8.33. The molecule has 2 aliphatic rings. The number of aliphatic hydroxyl groups is 5. The highest BCUT2D eigenvalue weighted by Gasteiger charge is 2.48. The van der Waals surface area contributed by atoms with Crippen LogP contribution in [0.25, 0.3) is 0 Å². The Morgan fingerprint density at radius 1 is 0.818 bits per heavy atom. The van der Waals surface area contributed by atoms with E-state index in [1.165, 1.54) is 6.07 Å². The first-order valence-electron chi connectivity index (χ1n) is 9.87. The number of rotatable bonds is 3. The van der Waals surface area contributed by atoms with E-state index in [0.29, 0.717) is 0 Å². The first kappa shape index (κ1) is 23.0. The van der Waals surface area contributed by atoms with Crippen molar-refractivity contribution in [1.82, 2.24) is 0 Å². The molecule has 2 aromatic rings. The number of carbonyl (C=O) groups excluding carboxylic acids is 1. The van der Waals surface area contributed by atoms with Crippen molar-refractivity contribution in [3.63, 3.8) is 0 Å². The number of aliphatic hydroxyl groups excluding tert-OH is 5. The topological polar surface area (TPSA) is 218 Å². The van der Waals surface area contributed by atoms with Crippen molar-refractivity contribution in [2.45, 2.75) is 42.7 Å². The number of ketones is 1. The summed E-state index contributed by atoms with van der Waals surface area (Å²) in [5.41, 5.74) is -0.934. The Hall–Kier alpha value is -3.13. The molecule has 0 bridgehead atoms. The van der Waals surface area contributed by atoms with Gasteiger partial charge in [0.1, 0.15) is 53.3 Å². The molecule has 9 N–H and O–H groups in total. The Morgan fingerprint density at radius 2 is 1.52 bits per heavy atom. The van der Waals surface area contributed by atoms with Crippen LogP contribution >= 0.6 is 0 Å². The highest BCUT2D eigenvalue weighted by molar-refractivity contribution is 6.06. The molecular weight excluding hydrogens is 444 g/mol. The lowest BCUT2D eigenvalue weighted by Crippen LogP contribution is -2.55. The maximum absolute atomic E-state index is 12.9. The van der Waals surface area contributed by atoms with E-state index >= 15 is 0 Å². The number of phenolic OH excluding ortho intramolecular Hbond substituents is 4. The fourth-order valence-corrected chi connectivity index (χ4v) is 4.05. The molecule has 12 heteroatoms. The van der Waals surface area contributed by atoms with Crippen LogP contribution in [0.1, 0.15) is 33.7 Å². The predicted octanol–water partition coefficient (Wildman–Crippen LogP) is -1.30. The Bertz CT molecular complexity index is 1080. The van der Waals surface area contributed by atoms with Gasteiger partial charge in [0.2, 0.25) is 5.78 Å². The molecule has 0 radical (unpaired) electrons. The molecule has 12 nitrogen and oxygen atoms in total. The fourth-order valence-electron chi connectivity index (χ4n) is 4.05. The summed E-state index contributed by atoms with van der Waals surface area (Å²) in [6, 6.07) is 4.42. The minimum atomic E-state index is -1.86. The Morgan fingerprint density at radius 3 is 2.15 bits per heavy atom. The van der Waals surface area contributed by atoms with Crippen LogP contribution in [0.3, 0.4) is 0 Å². The van der Waals surface area contributed by atoms with Gasteiger partial charge in [0.15, 0.2) is 23.7 Å². The molecule has 5 unspecified atom stereocenters. The van der Waals surface area contributed by atoms with E-state index in [0.717, 1.165) is 18.2 Å². The van der Waals surface area contributed by atoms with Gasteiger partial charge >= 0.3 is 0 Å². The Balaban J connectivity index is 1.77. The van der Waals surface area contributed by atoms with Gasteiger partial charge in [-0.05, 0) is 17.7 Å². The van der Waals surface area contributed by atoms with Crippen LogP contribution in [-0.4, -0.2) is 88.9 Å². The lowest BCUT2D eigenvalue weighted by molar-refractivity contribution is -0.232. The summed E-state index contributed by atoms with van der Waals surface area (Å²) in [6.45, 7) is -0.754. The highest BCUT2D eigenvalue weighted by Crippen LogP contribution is 2.49. The smallest absolute Gasteiger partial charge is 0.202 e. The van der Waals surface area contributed by atoms with Gasteiger partial charge in [0, 0.05) is 6.07 Å². The normalized spacial score (nSPS) is 31.7. The van der Waals surface area contributed by atoms with E-state index in [9.17, 15) is 50.8 Å². The Kier molecular flexibility index (Phi) is 5.82. The molecule has 33 heavy (non-hydrogen) atoms. The standard InChI is InChI=1S/C21H22O12/c22-5-11-14(26)17(29)19(31)21(33-11)12-9(25)4-10-13(15(12)27)16(28)18(30)20(32-10)6-1-2-7(23)8(24)3-6/h1-4,11,14,17-27,29-31H,5H2/t11?,14?,17?,18-,19?,20+,21?/m0/s1. The van der Waals surface area contributed by atoms with Crippen LogP contribution in [0, 0.1) is 0 Å². The average Bonchev–Trinajstić information content (AvgIpc) is 2.77. The van der Waals surface area contributed by atoms with Gasteiger partial charge in [-0.1, -0.05) is 6.07 Å². The molecule has 0 aromatic heterocycles. The van der Waals surface area contributed by atoms with Gasteiger partial charge in [-0.2, -0.15) is 0 Å². The Labute approximate surface area is 185 Å². The molecular formula is C21H22O12. The lowest BCUT2D eigenvalue weighted by Gasteiger charge is -2.41. The van der Waals surface area contributed by atoms with Crippen molar-refractivity contribution in [2.75, 3.05) is 6.61 Å². The molecule has 0 saturated carbocycles. The lowest BCUT2D eigenvalue weighted by atomic mass is 9.86. The number of hydrogen-bond acceptors (Lipinski definition) is 12. The molecule has 7 atom stereocenters. The number of Topliss-reactive ketones (excluding diaryl/α,β-unsaturated/α-hetero) is 1. The van der Waals surface area contributed by atoms with Crippen LogP contribution in [0.5, 0.6) is 28.7 Å². The van der Waals surface area contributed by atoms with Crippen molar-refractivity contribution in [1.29, 1.82) is 0 Å². The summed E-state index contributed by atoms with van der Waals surface area (Å²) in [4.78, 5) is 12.9. The number of carbonyl (C=O) groups is 1. The third kappa shape index (κ3) is 3.62. The van der Waals surface area contributed by atoms with E-state index in [4.69, 9.17) is 9.47 Å². The van der Waals surface area contributed by atoms with Gasteiger partial charge in [0.05, 0.1) is 12.2 Å². The van der Waals surface area contributed by atoms with E-state index < -0.39 is 89.2 Å². The van der Waals surface area contributed by atoms with Gasteiger partial charge in [-0.15, -0.1) is 0 Å². The van der Waals surface area contributed by atoms with Gasteiger partial charge in [0.25, 0.3) is 0 Å². The van der Waals surface area contributed by atoms with E-state index in [-0.39, 0.29) is 11.3 Å². The number of benzene rings is 2. The molecule has 4 rings (SSSR count). The molecule has 0 amide bonds. The molecule has 2 aromatic carbocycles. The minimum absolute atomic E-state index is 0.119. The van der Waals surface area contributed by atoms with E-state index in [1.54, 1.807) is 0 Å². The number of ether oxygens (including phenoxy) is 2. The van der Waals surface area contributed by atoms with Crippen molar-refractivity contribution in [3.05, 3.63) is 41.0 Å². The molecule has 0 spiro atoms. The summed E-state index contributed by atoms with van der Waals surface area (Å²) < 4.78 is 10.9. The maximum atomic E-state index is 12.9. The second-order valence-corrected chi connectivity index (χ2v) is 7.88. The summed E-state index contributed by atoms with van der Waals surface area (Å²) in [6.07, 6.45) is -11.5. The first-order valence-corrected chi connectivity index (χ1v) is 9.87. The number of fused-ring (bicyclic) bond motifs is 1. The van der Waals surface area contributed by atoms with Crippen molar-refractivity contribution < 1.29 is 60.2 Å². The molecule has 178 valence electrons. The SMILES string of the molecule is O=C1c2c(cc(O)c(C3OC(CO)C(O)C(O)C3O)c2O)O[C@H](c2ccc(O)c(O)c2)[C@H]1O. The van der Waals surface area contributed by atoms with E-state index in [1.807, 2.05) is 0 Å². The van der Waals surface area contributed by atoms with Crippen LogP contribution in [0.2, 0.25) is 0 Å². The molecule has 1 saturated heterocycles. The predicted molar refractivity (Wildman–Crippen MR) is 106 cm³/mol. The second-order valence-electron chi connectivity index (χ2n) is 7.88. The van der Waals surface area contributed by atoms with E-state index in [2.05, 4.69) is 0 Å². The van der Waals surface area contributed by atoms with Crippen LogP contribution in [0.15, 0.2) is 24.3 Å².